The van der Waals surface area contributed by atoms with E-state index in [1.165, 1.54) is 0 Å². The number of aryl methyl sites for hydroxylation is 2. The fourth-order valence-corrected chi connectivity index (χ4v) is 2.24. The number of nitrogens with zero attached hydrogens (tertiary/aromatic N) is 1. The predicted octanol–water partition coefficient (Wildman–Crippen LogP) is 2.65. The van der Waals surface area contributed by atoms with Gasteiger partial charge in [-0.15, -0.1) is 0 Å². The summed E-state index contributed by atoms with van der Waals surface area (Å²) < 4.78 is 0. The van der Waals surface area contributed by atoms with Gasteiger partial charge in [-0.3, -0.25) is 9.59 Å². The van der Waals surface area contributed by atoms with E-state index in [9.17, 15) is 9.59 Å². The minimum atomic E-state index is -0.315. The molecule has 0 atom stereocenters. The van der Waals surface area contributed by atoms with Gasteiger partial charge in [-0.05, 0) is 49.6 Å². The van der Waals surface area contributed by atoms with E-state index in [0.29, 0.717) is 18.8 Å². The van der Waals surface area contributed by atoms with Crippen molar-refractivity contribution >= 4 is 23.3 Å². The Morgan fingerprint density at radius 3 is 2.56 bits per heavy atom. The normalized spacial score (nSPS) is 10.2. The first-order chi connectivity index (χ1) is 12.0. The molecule has 0 radical (unpaired) electrons. The van der Waals surface area contributed by atoms with Gasteiger partial charge < -0.3 is 16.0 Å². The van der Waals surface area contributed by atoms with E-state index in [-0.39, 0.29) is 18.2 Å². The van der Waals surface area contributed by atoms with Crippen LogP contribution >= 0.6 is 0 Å². The smallest absolute Gasteiger partial charge is 0.233 e. The summed E-state index contributed by atoms with van der Waals surface area (Å²) in [5.74, 6) is 0.221. The molecule has 0 aliphatic carbocycles. The third-order valence-corrected chi connectivity index (χ3v) is 3.52. The van der Waals surface area contributed by atoms with Crippen LogP contribution in [0.25, 0.3) is 0 Å². The maximum absolute atomic E-state index is 11.8. The minimum Gasteiger partial charge on any atom is -0.370 e. The van der Waals surface area contributed by atoms with Gasteiger partial charge >= 0.3 is 0 Å². The second kappa shape index (κ2) is 9.42. The van der Waals surface area contributed by atoms with Crippen molar-refractivity contribution < 1.29 is 9.59 Å². The molecule has 2 rings (SSSR count). The molecule has 3 N–H and O–H groups in total. The van der Waals surface area contributed by atoms with E-state index in [1.807, 2.05) is 44.2 Å². The molecule has 0 saturated heterocycles. The largest absolute Gasteiger partial charge is 0.370 e. The molecule has 25 heavy (non-hydrogen) atoms. The average molecular weight is 340 g/mol. The zero-order valence-corrected chi connectivity index (χ0v) is 14.6. The Morgan fingerprint density at radius 2 is 1.84 bits per heavy atom. The summed E-state index contributed by atoms with van der Waals surface area (Å²) in [4.78, 5) is 27.9. The molecule has 0 saturated carbocycles. The SMILES string of the molecule is Cc1ccc(NCCCNC(=O)CC(=O)Nc2cccc(C)c2)nc1. The lowest BCUT2D eigenvalue weighted by molar-refractivity contribution is -0.126. The number of hydrogen-bond donors (Lipinski definition) is 3. The quantitative estimate of drug-likeness (QED) is 0.509. The summed E-state index contributed by atoms with van der Waals surface area (Å²) in [6.07, 6.45) is 2.37. The Morgan fingerprint density at radius 1 is 1.00 bits per heavy atom. The van der Waals surface area contributed by atoms with Gasteiger partial charge in [0, 0.05) is 25.0 Å². The fourth-order valence-electron chi connectivity index (χ4n) is 2.24. The lowest BCUT2D eigenvalue weighted by Crippen LogP contribution is -2.29. The second-order valence-electron chi connectivity index (χ2n) is 5.95. The van der Waals surface area contributed by atoms with Crippen LogP contribution in [0.15, 0.2) is 42.6 Å². The van der Waals surface area contributed by atoms with Crippen LogP contribution in [0.1, 0.15) is 24.0 Å². The molecular weight excluding hydrogens is 316 g/mol. The molecular formula is C19H24N4O2. The Hall–Kier alpha value is -2.89. The second-order valence-corrected chi connectivity index (χ2v) is 5.95. The lowest BCUT2D eigenvalue weighted by Gasteiger charge is -2.08. The number of carbonyl (C=O) groups excluding carboxylic acids is 2. The Balaban J connectivity index is 1.60. The van der Waals surface area contributed by atoms with Crippen molar-refractivity contribution in [2.75, 3.05) is 23.7 Å². The minimum absolute atomic E-state index is 0.180. The summed E-state index contributed by atoms with van der Waals surface area (Å²) in [6.45, 7) is 5.14. The highest BCUT2D eigenvalue weighted by Gasteiger charge is 2.09. The molecule has 0 bridgehead atoms. The van der Waals surface area contributed by atoms with E-state index < -0.39 is 0 Å². The monoisotopic (exact) mass is 340 g/mol. The van der Waals surface area contributed by atoms with Crippen molar-refractivity contribution in [3.8, 4) is 0 Å². The summed E-state index contributed by atoms with van der Waals surface area (Å²) in [5.41, 5.74) is 2.87. The summed E-state index contributed by atoms with van der Waals surface area (Å²) >= 11 is 0. The number of aromatic nitrogens is 1. The maximum atomic E-state index is 11.8. The number of hydrogen-bond acceptors (Lipinski definition) is 4. The first-order valence-electron chi connectivity index (χ1n) is 8.32. The highest BCUT2D eigenvalue weighted by Crippen LogP contribution is 2.09. The summed E-state index contributed by atoms with van der Waals surface area (Å²) in [5, 5.41) is 8.65. The number of rotatable bonds is 8. The number of benzene rings is 1. The van der Waals surface area contributed by atoms with E-state index in [1.54, 1.807) is 12.3 Å². The molecule has 0 aliphatic heterocycles. The van der Waals surface area contributed by atoms with Crippen LogP contribution in [0.2, 0.25) is 0 Å². The van der Waals surface area contributed by atoms with Crippen molar-refractivity contribution in [2.45, 2.75) is 26.7 Å². The maximum Gasteiger partial charge on any atom is 0.233 e. The van der Waals surface area contributed by atoms with Crippen molar-refractivity contribution in [1.29, 1.82) is 0 Å². The van der Waals surface area contributed by atoms with Crippen LogP contribution < -0.4 is 16.0 Å². The van der Waals surface area contributed by atoms with Crippen LogP contribution in [0, 0.1) is 13.8 Å². The topological polar surface area (TPSA) is 83.1 Å². The number of amides is 2. The highest BCUT2D eigenvalue weighted by atomic mass is 16.2. The summed E-state index contributed by atoms with van der Waals surface area (Å²) in [6, 6.07) is 11.4. The van der Waals surface area contributed by atoms with Gasteiger partial charge in [-0.1, -0.05) is 18.2 Å². The molecule has 6 heteroatoms. The lowest BCUT2D eigenvalue weighted by atomic mass is 10.2. The summed E-state index contributed by atoms with van der Waals surface area (Å²) in [7, 11) is 0. The van der Waals surface area contributed by atoms with Crippen molar-refractivity contribution in [1.82, 2.24) is 10.3 Å². The van der Waals surface area contributed by atoms with E-state index in [2.05, 4.69) is 20.9 Å². The van der Waals surface area contributed by atoms with Gasteiger partial charge in [0.05, 0.1) is 0 Å². The van der Waals surface area contributed by atoms with Crippen LogP contribution in [0.4, 0.5) is 11.5 Å². The number of carbonyl (C=O) groups is 2. The zero-order chi connectivity index (χ0) is 18.1. The Bertz CT molecular complexity index is 714. The van der Waals surface area contributed by atoms with Gasteiger partial charge in [-0.25, -0.2) is 4.98 Å². The first-order valence-corrected chi connectivity index (χ1v) is 8.32. The van der Waals surface area contributed by atoms with E-state index in [0.717, 1.165) is 23.4 Å². The Labute approximate surface area is 148 Å². The van der Waals surface area contributed by atoms with Crippen molar-refractivity contribution in [2.24, 2.45) is 0 Å². The van der Waals surface area contributed by atoms with Crippen LogP contribution in [0.3, 0.4) is 0 Å². The molecule has 0 fully saturated rings. The molecule has 132 valence electrons. The zero-order valence-electron chi connectivity index (χ0n) is 14.6. The predicted molar refractivity (Wildman–Crippen MR) is 99.5 cm³/mol. The molecule has 0 aliphatic rings. The third-order valence-electron chi connectivity index (χ3n) is 3.52. The fraction of sp³-hybridized carbons (Fsp3) is 0.316. The molecule has 2 aromatic rings. The van der Waals surface area contributed by atoms with Crippen molar-refractivity contribution in [3.05, 3.63) is 53.7 Å². The number of anilines is 2. The van der Waals surface area contributed by atoms with Gasteiger partial charge in [0.15, 0.2) is 0 Å². The van der Waals surface area contributed by atoms with E-state index in [4.69, 9.17) is 0 Å². The third kappa shape index (κ3) is 7.03. The standard InChI is InChI=1S/C19H24N4O2/c1-14-5-3-6-16(11-14)23-19(25)12-18(24)21-10-4-9-20-17-8-7-15(2)13-22-17/h3,5-8,11,13H,4,9-10,12H2,1-2H3,(H,20,22)(H,21,24)(H,23,25). The van der Waals surface area contributed by atoms with Gasteiger partial charge in [0.25, 0.3) is 0 Å². The van der Waals surface area contributed by atoms with Crippen molar-refractivity contribution in [3.63, 3.8) is 0 Å². The van der Waals surface area contributed by atoms with E-state index >= 15 is 0 Å². The molecule has 0 spiro atoms. The van der Waals surface area contributed by atoms with Crippen LogP contribution in [-0.2, 0) is 9.59 Å². The molecule has 1 heterocycles. The van der Waals surface area contributed by atoms with Crippen LogP contribution in [-0.4, -0.2) is 29.9 Å². The number of nitrogens with one attached hydrogen (secondary N) is 3. The van der Waals surface area contributed by atoms with Gasteiger partial charge in [0.1, 0.15) is 12.2 Å². The molecule has 2 amide bonds. The number of pyridine rings is 1. The Kier molecular flexibility index (Phi) is 6.95. The molecule has 1 aromatic heterocycles. The molecule has 6 nitrogen and oxygen atoms in total. The first kappa shape index (κ1) is 18.4. The molecule has 1 aromatic carbocycles. The van der Waals surface area contributed by atoms with Crippen LogP contribution in [0.5, 0.6) is 0 Å². The van der Waals surface area contributed by atoms with Gasteiger partial charge in [0.2, 0.25) is 11.8 Å². The average Bonchev–Trinajstić information content (AvgIpc) is 2.56. The highest BCUT2D eigenvalue weighted by molar-refractivity contribution is 6.03. The molecule has 0 unspecified atom stereocenters. The van der Waals surface area contributed by atoms with Gasteiger partial charge in [-0.2, -0.15) is 0 Å².